The lowest BCUT2D eigenvalue weighted by molar-refractivity contribution is 0.292. The van der Waals surface area contributed by atoms with E-state index in [-0.39, 0.29) is 11.6 Å². The highest BCUT2D eigenvalue weighted by molar-refractivity contribution is 14.1. The Labute approximate surface area is 119 Å². The third kappa shape index (κ3) is 1.87. The normalized spacial score (nSPS) is 13.6. The molecule has 0 amide bonds. The first-order valence-electron chi connectivity index (χ1n) is 5.00. The van der Waals surface area contributed by atoms with Crippen LogP contribution in [0.2, 0.25) is 0 Å². The summed E-state index contributed by atoms with van der Waals surface area (Å²) in [6, 6.07) is 3.50. The maximum Gasteiger partial charge on any atom is 0.179 e. The third-order valence-electron chi connectivity index (χ3n) is 2.62. The van der Waals surface area contributed by atoms with Gasteiger partial charge in [-0.3, -0.25) is 0 Å². The van der Waals surface area contributed by atoms with Gasteiger partial charge in [0.05, 0.1) is 16.6 Å². The number of imidazole rings is 1. The summed E-state index contributed by atoms with van der Waals surface area (Å²) in [4.78, 5) is 4.41. The van der Waals surface area contributed by atoms with Gasteiger partial charge in [-0.15, -0.1) is 0 Å². The molecule has 0 aliphatic carbocycles. The Morgan fingerprint density at radius 1 is 1.47 bits per heavy atom. The molecule has 0 N–H and O–H groups in total. The Kier molecular flexibility index (Phi) is 2.86. The molecule has 0 fully saturated rings. The fourth-order valence-electron chi connectivity index (χ4n) is 1.86. The van der Waals surface area contributed by atoms with Crippen molar-refractivity contribution in [3.63, 3.8) is 0 Å². The average molecular weight is 409 g/mol. The smallest absolute Gasteiger partial charge is 0.179 e. The van der Waals surface area contributed by atoms with Gasteiger partial charge in [0.15, 0.2) is 11.6 Å². The van der Waals surface area contributed by atoms with Crippen molar-refractivity contribution in [3.8, 4) is 17.1 Å². The summed E-state index contributed by atoms with van der Waals surface area (Å²) in [6.45, 7) is 1.12. The second-order valence-electron chi connectivity index (χ2n) is 3.67. The van der Waals surface area contributed by atoms with Crippen LogP contribution >= 0.6 is 38.5 Å². The number of nitrogens with zero attached hydrogens (tertiary/aromatic N) is 2. The molecule has 6 heteroatoms. The minimum absolute atomic E-state index is 0.278. The average Bonchev–Trinajstić information content (AvgIpc) is 2.57. The summed E-state index contributed by atoms with van der Waals surface area (Å²) in [7, 11) is 0. The summed E-state index contributed by atoms with van der Waals surface area (Å²) in [5.41, 5.74) is 0.700. The first-order valence-corrected chi connectivity index (χ1v) is 6.88. The minimum atomic E-state index is -0.367. The first kappa shape index (κ1) is 11.5. The third-order valence-corrected chi connectivity index (χ3v) is 3.75. The van der Waals surface area contributed by atoms with Crippen molar-refractivity contribution in [1.29, 1.82) is 0 Å². The molecule has 17 heavy (non-hydrogen) atoms. The number of halogens is 3. The van der Waals surface area contributed by atoms with Gasteiger partial charge < -0.3 is 9.30 Å². The van der Waals surface area contributed by atoms with E-state index in [2.05, 4.69) is 43.5 Å². The molecule has 3 nitrogen and oxygen atoms in total. The highest BCUT2D eigenvalue weighted by Crippen LogP contribution is 2.37. The lowest BCUT2D eigenvalue weighted by Gasteiger charge is -2.08. The van der Waals surface area contributed by atoms with Gasteiger partial charge in [0.1, 0.15) is 16.1 Å². The number of rotatable bonds is 0. The number of fused-ring (bicyclic) bond motifs is 3. The molecule has 0 spiro atoms. The molecule has 1 aromatic carbocycles. The lowest BCUT2D eigenvalue weighted by Crippen LogP contribution is -2.04. The molecule has 2 heterocycles. The predicted octanol–water partition coefficient (Wildman–Crippen LogP) is 3.45. The van der Waals surface area contributed by atoms with E-state index < -0.39 is 0 Å². The highest BCUT2D eigenvalue weighted by Gasteiger charge is 2.22. The zero-order valence-corrected chi connectivity index (χ0v) is 12.3. The van der Waals surface area contributed by atoms with Gasteiger partial charge in [0.25, 0.3) is 0 Å². The Morgan fingerprint density at radius 2 is 2.29 bits per heavy atom. The van der Waals surface area contributed by atoms with E-state index in [1.54, 1.807) is 6.07 Å². The monoisotopic (exact) mass is 408 g/mol. The number of aromatic nitrogens is 2. The van der Waals surface area contributed by atoms with Gasteiger partial charge in [-0.25, -0.2) is 9.37 Å². The number of hydrogen-bond donors (Lipinski definition) is 0. The zero-order valence-electron chi connectivity index (χ0n) is 8.58. The topological polar surface area (TPSA) is 27.1 Å². The minimum Gasteiger partial charge on any atom is -0.488 e. The van der Waals surface area contributed by atoms with Crippen molar-refractivity contribution >= 4 is 38.5 Å². The van der Waals surface area contributed by atoms with Crippen LogP contribution in [0, 0.1) is 9.52 Å². The molecule has 1 aliphatic heterocycles. The number of hydrogen-bond acceptors (Lipinski definition) is 2. The quantitative estimate of drug-likeness (QED) is 0.624. The summed E-state index contributed by atoms with van der Waals surface area (Å²) < 4.78 is 22.7. The molecular weight excluding hydrogens is 402 g/mol. The van der Waals surface area contributed by atoms with Gasteiger partial charge in [0.2, 0.25) is 0 Å². The molecule has 0 radical (unpaired) electrons. The van der Waals surface area contributed by atoms with Crippen molar-refractivity contribution in [2.75, 3.05) is 6.61 Å². The second-order valence-corrected chi connectivity index (χ2v) is 5.63. The van der Waals surface area contributed by atoms with E-state index in [4.69, 9.17) is 4.74 Å². The van der Waals surface area contributed by atoms with Crippen LogP contribution in [0.15, 0.2) is 22.8 Å². The fraction of sp³-hybridized carbons (Fsp3) is 0.182. The second kappa shape index (κ2) is 4.24. The van der Waals surface area contributed by atoms with Crippen molar-refractivity contribution < 1.29 is 9.13 Å². The van der Waals surface area contributed by atoms with Gasteiger partial charge in [-0.05, 0) is 50.7 Å². The molecular formula is C11H7BrFIN2O. The Morgan fingerprint density at radius 3 is 3.12 bits per heavy atom. The van der Waals surface area contributed by atoms with Crippen LogP contribution in [0.4, 0.5) is 4.39 Å². The summed E-state index contributed by atoms with van der Waals surface area (Å²) >= 11 is 5.31. The SMILES string of the molecule is Fc1c(Br)ccc2c1OCCn1cc(I)nc1-2. The van der Waals surface area contributed by atoms with Crippen LogP contribution in [-0.4, -0.2) is 16.2 Å². The first-order chi connectivity index (χ1) is 8.16. The predicted molar refractivity (Wildman–Crippen MR) is 73.5 cm³/mol. The largest absolute Gasteiger partial charge is 0.488 e. The Balaban J connectivity index is 2.29. The van der Waals surface area contributed by atoms with Crippen molar-refractivity contribution in [1.82, 2.24) is 9.55 Å². The van der Waals surface area contributed by atoms with Gasteiger partial charge >= 0.3 is 0 Å². The van der Waals surface area contributed by atoms with Gasteiger partial charge in [-0.2, -0.15) is 0 Å². The van der Waals surface area contributed by atoms with Crippen molar-refractivity contribution in [3.05, 3.63) is 32.3 Å². The van der Waals surface area contributed by atoms with Crippen LogP contribution in [0.5, 0.6) is 5.75 Å². The molecule has 1 aliphatic rings. The number of ether oxygens (including phenoxy) is 1. The fourth-order valence-corrected chi connectivity index (χ4v) is 2.74. The van der Waals surface area contributed by atoms with E-state index in [0.717, 1.165) is 9.53 Å². The molecule has 3 rings (SSSR count). The molecule has 0 saturated carbocycles. The number of benzene rings is 1. The Bertz CT molecular complexity index is 599. The maximum atomic E-state index is 14.0. The van der Waals surface area contributed by atoms with Crippen molar-refractivity contribution in [2.24, 2.45) is 0 Å². The van der Waals surface area contributed by atoms with Crippen LogP contribution in [0.25, 0.3) is 11.4 Å². The summed E-state index contributed by atoms with van der Waals surface area (Å²) in [5, 5.41) is 0. The van der Waals surface area contributed by atoms with Gasteiger partial charge in [0, 0.05) is 6.20 Å². The van der Waals surface area contributed by atoms with E-state index in [0.29, 0.717) is 23.2 Å². The maximum absolute atomic E-state index is 14.0. The summed E-state index contributed by atoms with van der Waals surface area (Å²) in [6.07, 6.45) is 1.94. The van der Waals surface area contributed by atoms with E-state index >= 15 is 0 Å². The molecule has 2 aromatic rings. The molecule has 88 valence electrons. The van der Waals surface area contributed by atoms with Crippen molar-refractivity contribution in [2.45, 2.75) is 6.54 Å². The zero-order chi connectivity index (χ0) is 12.0. The highest BCUT2D eigenvalue weighted by atomic mass is 127. The molecule has 0 bridgehead atoms. The van der Waals surface area contributed by atoms with E-state index in [1.807, 2.05) is 16.8 Å². The Hall–Kier alpha value is -0.630. The van der Waals surface area contributed by atoms with Crippen LogP contribution in [0.1, 0.15) is 0 Å². The van der Waals surface area contributed by atoms with Crippen LogP contribution < -0.4 is 4.74 Å². The molecule has 0 unspecified atom stereocenters. The molecule has 0 saturated heterocycles. The lowest BCUT2D eigenvalue weighted by atomic mass is 10.2. The standard InChI is InChI=1S/C11H7BrFIN2O/c12-7-2-1-6-10(9(7)13)17-4-3-16-5-8(14)15-11(6)16/h1-2,5H,3-4H2. The molecule has 0 atom stereocenters. The van der Waals surface area contributed by atoms with Gasteiger partial charge in [-0.1, -0.05) is 0 Å². The van der Waals surface area contributed by atoms with E-state index in [1.165, 1.54) is 0 Å². The van der Waals surface area contributed by atoms with Crippen LogP contribution in [-0.2, 0) is 6.54 Å². The van der Waals surface area contributed by atoms with Crippen LogP contribution in [0.3, 0.4) is 0 Å². The van der Waals surface area contributed by atoms with E-state index in [9.17, 15) is 4.39 Å². The summed E-state index contributed by atoms with van der Waals surface area (Å²) in [5.74, 6) is 0.669. The molecule has 1 aromatic heterocycles.